The maximum Gasteiger partial charge on any atom is 0.115 e. The summed E-state index contributed by atoms with van der Waals surface area (Å²) in [7, 11) is 0. The molecule has 0 radical (unpaired) electrons. The van der Waals surface area contributed by atoms with Gasteiger partial charge in [-0.1, -0.05) is 24.3 Å². The molecule has 0 aliphatic heterocycles. The molecule has 20 heavy (non-hydrogen) atoms. The molecule has 3 N–H and O–H groups in total. The van der Waals surface area contributed by atoms with E-state index >= 15 is 0 Å². The predicted octanol–water partition coefficient (Wildman–Crippen LogP) is 3.14. The summed E-state index contributed by atoms with van der Waals surface area (Å²) in [6.07, 6.45) is 2.56. The maximum absolute atomic E-state index is 9.35. The van der Waals surface area contributed by atoms with Crippen molar-refractivity contribution in [2.75, 3.05) is 5.73 Å². The monoisotopic (exact) mass is 268 g/mol. The summed E-state index contributed by atoms with van der Waals surface area (Å²) in [4.78, 5) is 2.49. The molecule has 0 unspecified atom stereocenters. The third-order valence-electron chi connectivity index (χ3n) is 3.72. The summed E-state index contributed by atoms with van der Waals surface area (Å²) in [6, 6.07) is 16.3. The standard InChI is InChI=1S/C17H20N2O/c18-15-3-1-2-14(10-15)12-19(16-6-7-16)11-13-4-8-17(20)9-5-13/h1-5,8-10,16,20H,6-7,11-12,18H2. The fourth-order valence-electron chi connectivity index (χ4n) is 2.52. The Bertz CT molecular complexity index is 576. The van der Waals surface area contributed by atoms with Crippen molar-refractivity contribution in [3.05, 3.63) is 59.7 Å². The van der Waals surface area contributed by atoms with Gasteiger partial charge in [-0.25, -0.2) is 0 Å². The Morgan fingerprint density at radius 3 is 2.35 bits per heavy atom. The van der Waals surface area contributed by atoms with E-state index in [1.165, 1.54) is 24.0 Å². The first-order valence-corrected chi connectivity index (χ1v) is 7.07. The molecule has 2 aromatic carbocycles. The highest BCUT2D eigenvalue weighted by Crippen LogP contribution is 2.30. The van der Waals surface area contributed by atoms with Gasteiger partial charge in [0.2, 0.25) is 0 Å². The predicted molar refractivity (Wildman–Crippen MR) is 81.2 cm³/mol. The van der Waals surface area contributed by atoms with Gasteiger partial charge in [-0.3, -0.25) is 4.90 Å². The van der Waals surface area contributed by atoms with Crippen molar-refractivity contribution < 1.29 is 5.11 Å². The van der Waals surface area contributed by atoms with E-state index in [0.717, 1.165) is 18.8 Å². The van der Waals surface area contributed by atoms with Crippen molar-refractivity contribution in [3.63, 3.8) is 0 Å². The molecule has 1 aliphatic rings. The van der Waals surface area contributed by atoms with Gasteiger partial charge in [0.1, 0.15) is 5.75 Å². The summed E-state index contributed by atoms with van der Waals surface area (Å²) in [5, 5.41) is 9.35. The molecule has 0 heterocycles. The van der Waals surface area contributed by atoms with E-state index in [1.807, 2.05) is 30.3 Å². The zero-order valence-electron chi connectivity index (χ0n) is 11.5. The molecule has 1 fully saturated rings. The number of nitrogens with two attached hydrogens (primary N) is 1. The van der Waals surface area contributed by atoms with Crippen LogP contribution in [-0.4, -0.2) is 16.0 Å². The number of phenolic OH excluding ortho intramolecular Hbond substituents is 1. The van der Waals surface area contributed by atoms with Crippen molar-refractivity contribution >= 4 is 5.69 Å². The second-order valence-electron chi connectivity index (χ2n) is 5.55. The largest absolute Gasteiger partial charge is 0.508 e. The minimum Gasteiger partial charge on any atom is -0.508 e. The highest BCUT2D eigenvalue weighted by molar-refractivity contribution is 5.40. The van der Waals surface area contributed by atoms with Crippen LogP contribution < -0.4 is 5.73 Å². The molecule has 0 saturated heterocycles. The molecule has 104 valence electrons. The first-order chi connectivity index (χ1) is 9.70. The summed E-state index contributed by atoms with van der Waals surface area (Å²) < 4.78 is 0. The van der Waals surface area contributed by atoms with Gasteiger partial charge >= 0.3 is 0 Å². The highest BCUT2D eigenvalue weighted by atomic mass is 16.3. The summed E-state index contributed by atoms with van der Waals surface area (Å²) in [6.45, 7) is 1.84. The van der Waals surface area contributed by atoms with Gasteiger partial charge in [0.05, 0.1) is 0 Å². The van der Waals surface area contributed by atoms with E-state index in [1.54, 1.807) is 12.1 Å². The van der Waals surface area contributed by atoms with Crippen LogP contribution in [0.1, 0.15) is 24.0 Å². The quantitative estimate of drug-likeness (QED) is 0.819. The van der Waals surface area contributed by atoms with Crippen molar-refractivity contribution in [2.45, 2.75) is 32.0 Å². The lowest BCUT2D eigenvalue weighted by molar-refractivity contribution is 0.246. The molecule has 2 aromatic rings. The third kappa shape index (κ3) is 3.31. The van der Waals surface area contributed by atoms with Crippen molar-refractivity contribution in [3.8, 4) is 5.75 Å². The van der Waals surface area contributed by atoms with Crippen LogP contribution in [0.3, 0.4) is 0 Å². The van der Waals surface area contributed by atoms with E-state index < -0.39 is 0 Å². The molecule has 0 bridgehead atoms. The topological polar surface area (TPSA) is 49.5 Å². The maximum atomic E-state index is 9.35. The van der Waals surface area contributed by atoms with E-state index in [9.17, 15) is 5.11 Å². The summed E-state index contributed by atoms with van der Waals surface area (Å²) in [5.41, 5.74) is 9.17. The smallest absolute Gasteiger partial charge is 0.115 e. The molecule has 0 aromatic heterocycles. The number of hydrogen-bond donors (Lipinski definition) is 2. The second-order valence-corrected chi connectivity index (χ2v) is 5.55. The van der Waals surface area contributed by atoms with E-state index in [-0.39, 0.29) is 0 Å². The molecule has 0 atom stereocenters. The average Bonchev–Trinajstić information content (AvgIpc) is 3.25. The van der Waals surface area contributed by atoms with Crippen molar-refractivity contribution in [1.82, 2.24) is 4.90 Å². The lowest BCUT2D eigenvalue weighted by Crippen LogP contribution is -2.25. The van der Waals surface area contributed by atoms with Crippen LogP contribution in [0.4, 0.5) is 5.69 Å². The molecule has 1 aliphatic carbocycles. The number of nitrogens with zero attached hydrogens (tertiary/aromatic N) is 1. The Labute approximate surface area is 119 Å². The minimum absolute atomic E-state index is 0.322. The van der Waals surface area contributed by atoms with Crippen molar-refractivity contribution in [1.29, 1.82) is 0 Å². The van der Waals surface area contributed by atoms with Crippen LogP contribution in [-0.2, 0) is 13.1 Å². The SMILES string of the molecule is Nc1cccc(CN(Cc2ccc(O)cc2)C2CC2)c1. The Morgan fingerprint density at radius 2 is 1.70 bits per heavy atom. The van der Waals surface area contributed by atoms with E-state index in [4.69, 9.17) is 5.73 Å². The van der Waals surface area contributed by atoms with Gasteiger partial charge in [0.25, 0.3) is 0 Å². The number of nitrogen functional groups attached to an aromatic ring is 1. The zero-order chi connectivity index (χ0) is 13.9. The van der Waals surface area contributed by atoms with Crippen LogP contribution in [0.2, 0.25) is 0 Å². The fraction of sp³-hybridized carbons (Fsp3) is 0.294. The van der Waals surface area contributed by atoms with Crippen LogP contribution in [0, 0.1) is 0 Å². The molecule has 1 saturated carbocycles. The number of hydrogen-bond acceptors (Lipinski definition) is 3. The Kier molecular flexibility index (Phi) is 3.61. The number of benzene rings is 2. The molecule has 3 heteroatoms. The molecule has 0 spiro atoms. The van der Waals surface area contributed by atoms with Crippen LogP contribution >= 0.6 is 0 Å². The average molecular weight is 268 g/mol. The second kappa shape index (κ2) is 5.55. The normalized spacial score (nSPS) is 14.7. The van der Waals surface area contributed by atoms with Crippen LogP contribution in [0.15, 0.2) is 48.5 Å². The highest BCUT2D eigenvalue weighted by Gasteiger charge is 2.28. The minimum atomic E-state index is 0.322. The number of anilines is 1. The summed E-state index contributed by atoms with van der Waals surface area (Å²) >= 11 is 0. The third-order valence-corrected chi connectivity index (χ3v) is 3.72. The number of aromatic hydroxyl groups is 1. The summed E-state index contributed by atoms with van der Waals surface area (Å²) in [5.74, 6) is 0.322. The Morgan fingerprint density at radius 1 is 1.00 bits per heavy atom. The fourth-order valence-corrected chi connectivity index (χ4v) is 2.52. The molecular formula is C17H20N2O. The molecule has 3 rings (SSSR count). The van der Waals surface area contributed by atoms with Crippen LogP contribution in [0.25, 0.3) is 0 Å². The molecule has 3 nitrogen and oxygen atoms in total. The zero-order valence-corrected chi connectivity index (χ0v) is 11.5. The van der Waals surface area contributed by atoms with Gasteiger partial charge in [-0.2, -0.15) is 0 Å². The van der Waals surface area contributed by atoms with Gasteiger partial charge in [-0.15, -0.1) is 0 Å². The lowest BCUT2D eigenvalue weighted by Gasteiger charge is -2.22. The van der Waals surface area contributed by atoms with Gasteiger partial charge in [0, 0.05) is 24.8 Å². The lowest BCUT2D eigenvalue weighted by atomic mass is 10.1. The Balaban J connectivity index is 1.71. The van der Waals surface area contributed by atoms with E-state index in [0.29, 0.717) is 11.8 Å². The Hall–Kier alpha value is -2.00. The van der Waals surface area contributed by atoms with Gasteiger partial charge in [0.15, 0.2) is 0 Å². The first kappa shape index (κ1) is 13.0. The van der Waals surface area contributed by atoms with Crippen LogP contribution in [0.5, 0.6) is 5.75 Å². The molecular weight excluding hydrogens is 248 g/mol. The molecule has 0 amide bonds. The van der Waals surface area contributed by atoms with Gasteiger partial charge < -0.3 is 10.8 Å². The van der Waals surface area contributed by atoms with Gasteiger partial charge in [-0.05, 0) is 48.2 Å². The number of phenols is 1. The number of rotatable bonds is 5. The van der Waals surface area contributed by atoms with E-state index in [2.05, 4.69) is 11.0 Å². The first-order valence-electron chi connectivity index (χ1n) is 7.07. The van der Waals surface area contributed by atoms with Crippen molar-refractivity contribution in [2.24, 2.45) is 0 Å².